The largest absolute Gasteiger partial charge is 0.455 e. The van der Waals surface area contributed by atoms with Crippen LogP contribution in [0.4, 0.5) is 0 Å². The van der Waals surface area contributed by atoms with E-state index < -0.39 is 12.2 Å². The molecule has 1 saturated carbocycles. The lowest BCUT2D eigenvalue weighted by molar-refractivity contribution is -0.148. The second-order valence-electron chi connectivity index (χ2n) is 6.94. The zero-order valence-electron chi connectivity index (χ0n) is 13.1. The van der Waals surface area contributed by atoms with E-state index in [0.29, 0.717) is 17.3 Å². The average molecular weight is 278 g/mol. The molecule has 0 aliphatic heterocycles. The van der Waals surface area contributed by atoms with Crippen molar-refractivity contribution in [2.45, 2.75) is 59.7 Å². The Labute approximate surface area is 121 Å². The van der Waals surface area contributed by atoms with Crippen LogP contribution in [0.5, 0.6) is 0 Å². The molecule has 0 bridgehead atoms. The van der Waals surface area contributed by atoms with Gasteiger partial charge in [0, 0.05) is 6.92 Å². The van der Waals surface area contributed by atoms with Gasteiger partial charge in [-0.05, 0) is 49.5 Å². The highest BCUT2D eigenvalue weighted by atomic mass is 16.6. The summed E-state index contributed by atoms with van der Waals surface area (Å²) < 4.78 is 5.33. The third kappa shape index (κ3) is 2.98. The maximum atomic E-state index is 11.3. The van der Waals surface area contributed by atoms with Crippen LogP contribution in [0.15, 0.2) is 23.3 Å². The maximum Gasteiger partial charge on any atom is 0.303 e. The Morgan fingerprint density at radius 3 is 2.60 bits per heavy atom. The molecule has 0 saturated heterocycles. The molecular weight excluding hydrogens is 252 g/mol. The van der Waals surface area contributed by atoms with Crippen LogP contribution in [-0.2, 0) is 9.53 Å². The summed E-state index contributed by atoms with van der Waals surface area (Å²) in [6, 6.07) is 0. The van der Waals surface area contributed by atoms with Gasteiger partial charge < -0.3 is 9.84 Å². The van der Waals surface area contributed by atoms with Crippen LogP contribution in [0.2, 0.25) is 0 Å². The number of hydrogen-bond donors (Lipinski definition) is 1. The highest BCUT2D eigenvalue weighted by Crippen LogP contribution is 2.61. The zero-order valence-corrected chi connectivity index (χ0v) is 13.1. The van der Waals surface area contributed by atoms with E-state index in [1.54, 1.807) is 0 Å². The topological polar surface area (TPSA) is 46.5 Å². The molecule has 0 radical (unpaired) electrons. The molecule has 1 N–H and O–H groups in total. The number of hydrogen-bond acceptors (Lipinski definition) is 3. The standard InChI is InChI=1S/C17H26O3/c1-10-6-7-13-14(17(13,4)5)9-11(2)16(15(19)8-10)20-12(3)18/h8-9,13-16,19H,6-7H2,1-5H3/b10-8+,11-9+/t13?,14?,15?,16-/m0/s1. The quantitative estimate of drug-likeness (QED) is 0.591. The Balaban J connectivity index is 2.31. The fourth-order valence-corrected chi connectivity index (χ4v) is 3.50. The van der Waals surface area contributed by atoms with Crippen LogP contribution in [0.25, 0.3) is 0 Å². The first kappa shape index (κ1) is 15.3. The van der Waals surface area contributed by atoms with E-state index in [0.717, 1.165) is 18.4 Å². The summed E-state index contributed by atoms with van der Waals surface area (Å²) in [4.78, 5) is 11.3. The predicted octanol–water partition coefficient (Wildman–Crippen LogP) is 3.24. The summed E-state index contributed by atoms with van der Waals surface area (Å²) in [5.41, 5.74) is 2.45. The molecule has 3 unspecified atom stereocenters. The molecule has 3 heteroatoms. The van der Waals surface area contributed by atoms with Crippen molar-refractivity contribution in [2.24, 2.45) is 17.3 Å². The van der Waals surface area contributed by atoms with Gasteiger partial charge >= 0.3 is 5.97 Å². The van der Waals surface area contributed by atoms with Crippen molar-refractivity contribution in [2.75, 3.05) is 0 Å². The number of fused-ring (bicyclic) bond motifs is 1. The highest BCUT2D eigenvalue weighted by Gasteiger charge is 2.55. The summed E-state index contributed by atoms with van der Waals surface area (Å²) in [5, 5.41) is 10.3. The minimum atomic E-state index is -0.756. The molecule has 0 aromatic rings. The average Bonchev–Trinajstić information content (AvgIpc) is 2.83. The fraction of sp³-hybridized carbons (Fsp3) is 0.706. The van der Waals surface area contributed by atoms with Gasteiger partial charge in [-0.15, -0.1) is 0 Å². The molecule has 0 heterocycles. The van der Waals surface area contributed by atoms with Crippen LogP contribution in [0, 0.1) is 17.3 Å². The van der Waals surface area contributed by atoms with Gasteiger partial charge in [-0.3, -0.25) is 4.79 Å². The first-order valence-electron chi connectivity index (χ1n) is 7.44. The van der Waals surface area contributed by atoms with Gasteiger partial charge in [0.1, 0.15) is 6.10 Å². The van der Waals surface area contributed by atoms with Crippen molar-refractivity contribution < 1.29 is 14.6 Å². The molecule has 4 atom stereocenters. The van der Waals surface area contributed by atoms with Crippen LogP contribution in [0.1, 0.15) is 47.5 Å². The smallest absolute Gasteiger partial charge is 0.303 e. The summed E-state index contributed by atoms with van der Waals surface area (Å²) in [5.74, 6) is 0.865. The lowest BCUT2D eigenvalue weighted by Crippen LogP contribution is -2.31. The first-order chi connectivity index (χ1) is 9.23. The Kier molecular flexibility index (Phi) is 4.10. The van der Waals surface area contributed by atoms with Crippen molar-refractivity contribution in [3.63, 3.8) is 0 Å². The normalized spacial score (nSPS) is 41.5. The summed E-state index contributed by atoms with van der Waals surface area (Å²) in [7, 11) is 0. The minimum absolute atomic E-state index is 0.317. The minimum Gasteiger partial charge on any atom is -0.455 e. The van der Waals surface area contributed by atoms with Gasteiger partial charge in [0.2, 0.25) is 0 Å². The molecule has 20 heavy (non-hydrogen) atoms. The lowest BCUT2D eigenvalue weighted by atomic mass is 9.97. The van der Waals surface area contributed by atoms with Crippen LogP contribution < -0.4 is 0 Å². The van der Waals surface area contributed by atoms with Crippen LogP contribution in [-0.4, -0.2) is 23.3 Å². The third-order valence-electron chi connectivity index (χ3n) is 4.94. The molecule has 0 aromatic heterocycles. The van der Waals surface area contributed by atoms with E-state index in [2.05, 4.69) is 19.9 Å². The van der Waals surface area contributed by atoms with Gasteiger partial charge in [0.15, 0.2) is 6.10 Å². The number of carbonyl (C=O) groups is 1. The Morgan fingerprint density at radius 1 is 1.35 bits per heavy atom. The molecule has 0 aromatic carbocycles. The predicted molar refractivity (Wildman–Crippen MR) is 79.1 cm³/mol. The van der Waals surface area contributed by atoms with Gasteiger partial charge in [0.25, 0.3) is 0 Å². The van der Waals surface area contributed by atoms with Crippen molar-refractivity contribution in [3.8, 4) is 0 Å². The van der Waals surface area contributed by atoms with Gasteiger partial charge in [-0.1, -0.05) is 31.6 Å². The molecule has 0 amide bonds. The van der Waals surface area contributed by atoms with Crippen molar-refractivity contribution in [1.82, 2.24) is 0 Å². The van der Waals surface area contributed by atoms with Gasteiger partial charge in [-0.2, -0.15) is 0 Å². The number of carbonyl (C=O) groups excluding carboxylic acids is 1. The van der Waals surface area contributed by atoms with E-state index in [9.17, 15) is 9.90 Å². The first-order valence-corrected chi connectivity index (χ1v) is 7.44. The molecular formula is C17H26O3. The lowest BCUT2D eigenvalue weighted by Gasteiger charge is -2.23. The van der Waals surface area contributed by atoms with E-state index in [1.807, 2.05) is 19.9 Å². The molecule has 0 spiro atoms. The molecule has 112 valence electrons. The molecule has 2 aliphatic rings. The van der Waals surface area contributed by atoms with Crippen molar-refractivity contribution in [1.29, 1.82) is 0 Å². The van der Waals surface area contributed by atoms with E-state index >= 15 is 0 Å². The molecule has 2 aliphatic carbocycles. The Morgan fingerprint density at radius 2 is 2.00 bits per heavy atom. The van der Waals surface area contributed by atoms with E-state index in [-0.39, 0.29) is 5.97 Å². The summed E-state index contributed by atoms with van der Waals surface area (Å²) in [6.45, 7) is 9.96. The summed E-state index contributed by atoms with van der Waals surface area (Å²) >= 11 is 0. The number of aliphatic hydroxyl groups excluding tert-OH is 1. The highest BCUT2D eigenvalue weighted by molar-refractivity contribution is 5.66. The fourth-order valence-electron chi connectivity index (χ4n) is 3.50. The van der Waals surface area contributed by atoms with Crippen LogP contribution in [0.3, 0.4) is 0 Å². The summed E-state index contributed by atoms with van der Waals surface area (Å²) in [6.07, 6.45) is 4.89. The Bertz CT molecular complexity index is 459. The number of ether oxygens (including phenoxy) is 1. The van der Waals surface area contributed by atoms with Gasteiger partial charge in [0.05, 0.1) is 0 Å². The SMILES string of the molecule is CC(=O)O[C@H]1/C(C)=C/C2C(CC/C(C)=C/C1O)C2(C)C. The van der Waals surface area contributed by atoms with E-state index in [1.165, 1.54) is 12.5 Å². The second kappa shape index (κ2) is 5.36. The third-order valence-corrected chi connectivity index (χ3v) is 4.94. The molecule has 3 nitrogen and oxygen atoms in total. The van der Waals surface area contributed by atoms with Crippen LogP contribution >= 0.6 is 0 Å². The molecule has 2 rings (SSSR count). The number of aliphatic hydroxyl groups is 1. The number of esters is 1. The van der Waals surface area contributed by atoms with Crippen molar-refractivity contribution >= 4 is 5.97 Å². The Hall–Kier alpha value is -1.09. The maximum absolute atomic E-state index is 11.3. The number of allylic oxidation sites excluding steroid dienone is 2. The second-order valence-corrected chi connectivity index (χ2v) is 6.94. The number of rotatable bonds is 1. The van der Waals surface area contributed by atoms with Crippen molar-refractivity contribution in [3.05, 3.63) is 23.3 Å². The van der Waals surface area contributed by atoms with Gasteiger partial charge in [-0.25, -0.2) is 0 Å². The zero-order chi connectivity index (χ0) is 15.1. The monoisotopic (exact) mass is 278 g/mol. The van der Waals surface area contributed by atoms with E-state index in [4.69, 9.17) is 4.74 Å². The molecule has 1 fully saturated rings.